The number of likely N-dealkylation sites (tertiary alicyclic amines) is 1. The average molecular weight is 436 g/mol. The molecular formula is C22H25N7OS. The van der Waals surface area contributed by atoms with Crippen LogP contribution < -0.4 is 10.2 Å². The number of hydrogen-bond acceptors (Lipinski definition) is 7. The molecule has 0 radical (unpaired) electrons. The lowest BCUT2D eigenvalue weighted by molar-refractivity contribution is 0.0793. The van der Waals surface area contributed by atoms with Crippen molar-refractivity contribution in [3.05, 3.63) is 47.7 Å². The van der Waals surface area contributed by atoms with Crippen molar-refractivity contribution in [1.82, 2.24) is 25.1 Å². The molecule has 5 rings (SSSR count). The zero-order valence-corrected chi connectivity index (χ0v) is 18.3. The Kier molecular flexibility index (Phi) is 5.50. The number of nitrogens with zero attached hydrogens (tertiary/aromatic N) is 5. The minimum Gasteiger partial charge on any atom is -0.356 e. The molecule has 0 bridgehead atoms. The van der Waals surface area contributed by atoms with E-state index in [1.54, 1.807) is 0 Å². The van der Waals surface area contributed by atoms with Crippen LogP contribution >= 0.6 is 11.8 Å². The molecule has 160 valence electrons. The van der Waals surface area contributed by atoms with Crippen molar-refractivity contribution in [2.75, 3.05) is 36.4 Å². The molecule has 2 aliphatic rings. The fourth-order valence-electron chi connectivity index (χ4n) is 3.72. The van der Waals surface area contributed by atoms with E-state index >= 15 is 0 Å². The smallest absolute Gasteiger partial charge is 0.253 e. The van der Waals surface area contributed by atoms with E-state index in [0.717, 1.165) is 66.8 Å². The van der Waals surface area contributed by atoms with Gasteiger partial charge in [-0.15, -0.1) is 0 Å². The van der Waals surface area contributed by atoms with E-state index in [1.807, 2.05) is 48.2 Å². The molecule has 2 fully saturated rings. The summed E-state index contributed by atoms with van der Waals surface area (Å²) < 4.78 is 0. The molecular weight excluding hydrogens is 410 g/mol. The van der Waals surface area contributed by atoms with Crippen molar-refractivity contribution in [3.8, 4) is 0 Å². The highest BCUT2D eigenvalue weighted by Crippen LogP contribution is 2.30. The van der Waals surface area contributed by atoms with Crippen molar-refractivity contribution < 1.29 is 4.79 Å². The summed E-state index contributed by atoms with van der Waals surface area (Å²) in [5.41, 5.74) is 1.72. The molecule has 0 saturated carbocycles. The fraction of sp³-hybridized carbons (Fsp3) is 0.364. The number of aromatic amines is 1. The molecule has 4 heterocycles. The van der Waals surface area contributed by atoms with Crippen LogP contribution in [0.1, 0.15) is 35.3 Å². The second-order valence-corrected chi connectivity index (χ2v) is 8.96. The third kappa shape index (κ3) is 4.51. The number of aryl methyl sites for hydroxylation is 1. The monoisotopic (exact) mass is 435 g/mol. The predicted molar refractivity (Wildman–Crippen MR) is 121 cm³/mol. The lowest BCUT2D eigenvalue weighted by Gasteiger charge is -2.32. The van der Waals surface area contributed by atoms with Crippen molar-refractivity contribution in [1.29, 1.82) is 0 Å². The molecule has 1 aromatic carbocycles. The lowest BCUT2D eigenvalue weighted by Crippen LogP contribution is -2.37. The summed E-state index contributed by atoms with van der Waals surface area (Å²) in [6, 6.07) is 11.6. The second-order valence-electron chi connectivity index (χ2n) is 7.92. The number of H-pyrrole nitrogens is 1. The van der Waals surface area contributed by atoms with E-state index in [9.17, 15) is 4.79 Å². The third-order valence-electron chi connectivity index (χ3n) is 5.54. The molecule has 1 amide bonds. The summed E-state index contributed by atoms with van der Waals surface area (Å²) in [7, 11) is 0. The molecule has 2 aliphatic heterocycles. The van der Waals surface area contributed by atoms with Crippen LogP contribution in [0.4, 0.5) is 17.5 Å². The van der Waals surface area contributed by atoms with Crippen LogP contribution in [0.25, 0.3) is 0 Å². The van der Waals surface area contributed by atoms with Gasteiger partial charge in [-0.3, -0.25) is 9.89 Å². The van der Waals surface area contributed by atoms with Gasteiger partial charge in [0, 0.05) is 54.5 Å². The molecule has 8 nitrogen and oxygen atoms in total. The Morgan fingerprint density at radius 2 is 1.77 bits per heavy atom. The van der Waals surface area contributed by atoms with Crippen LogP contribution in [0.5, 0.6) is 0 Å². The Labute approximate surface area is 185 Å². The SMILES string of the molecule is Cc1cc(Nc2cc(N3CCC3)nc(Sc3ccc(C(=O)N4CCCC4)cc3)n2)n[nH]1. The van der Waals surface area contributed by atoms with Gasteiger partial charge in [0.05, 0.1) is 0 Å². The second kappa shape index (κ2) is 8.58. The highest BCUT2D eigenvalue weighted by Gasteiger charge is 2.20. The molecule has 2 N–H and O–H groups in total. The number of benzene rings is 1. The number of carbonyl (C=O) groups excluding carboxylic acids is 1. The number of amides is 1. The average Bonchev–Trinajstić information content (AvgIpc) is 3.39. The van der Waals surface area contributed by atoms with Crippen molar-refractivity contribution in [2.24, 2.45) is 0 Å². The first-order valence-electron chi connectivity index (χ1n) is 10.6. The van der Waals surface area contributed by atoms with Crippen LogP contribution in [0, 0.1) is 6.92 Å². The summed E-state index contributed by atoms with van der Waals surface area (Å²) in [5.74, 6) is 2.48. The van der Waals surface area contributed by atoms with Gasteiger partial charge in [-0.05, 0) is 62.2 Å². The summed E-state index contributed by atoms with van der Waals surface area (Å²) >= 11 is 1.49. The maximum Gasteiger partial charge on any atom is 0.253 e. The molecule has 0 aliphatic carbocycles. The third-order valence-corrected chi connectivity index (χ3v) is 6.41. The first-order valence-corrected chi connectivity index (χ1v) is 11.5. The number of nitrogens with one attached hydrogen (secondary N) is 2. The number of carbonyl (C=O) groups is 1. The van der Waals surface area contributed by atoms with Gasteiger partial charge >= 0.3 is 0 Å². The first-order chi connectivity index (χ1) is 15.1. The molecule has 3 aromatic rings. The molecule has 2 aromatic heterocycles. The van der Waals surface area contributed by atoms with Crippen LogP contribution in [-0.4, -0.2) is 57.2 Å². The van der Waals surface area contributed by atoms with E-state index in [2.05, 4.69) is 25.4 Å². The quantitative estimate of drug-likeness (QED) is 0.569. The number of rotatable bonds is 6. The zero-order chi connectivity index (χ0) is 21.2. The molecule has 0 atom stereocenters. The first kappa shape index (κ1) is 19.9. The summed E-state index contributed by atoms with van der Waals surface area (Å²) in [4.78, 5) is 27.2. The number of aromatic nitrogens is 4. The topological polar surface area (TPSA) is 90.0 Å². The molecule has 31 heavy (non-hydrogen) atoms. The van der Waals surface area contributed by atoms with Crippen molar-refractivity contribution >= 4 is 35.1 Å². The van der Waals surface area contributed by atoms with Crippen LogP contribution in [0.15, 0.2) is 46.5 Å². The van der Waals surface area contributed by atoms with Gasteiger partial charge in [-0.2, -0.15) is 5.10 Å². The Morgan fingerprint density at radius 3 is 2.42 bits per heavy atom. The van der Waals surface area contributed by atoms with Gasteiger partial charge in [0.2, 0.25) is 0 Å². The largest absolute Gasteiger partial charge is 0.356 e. The van der Waals surface area contributed by atoms with Gasteiger partial charge < -0.3 is 15.1 Å². The highest BCUT2D eigenvalue weighted by molar-refractivity contribution is 7.99. The molecule has 9 heteroatoms. The maximum absolute atomic E-state index is 12.6. The van der Waals surface area contributed by atoms with Gasteiger partial charge in [0.15, 0.2) is 11.0 Å². The Hall–Kier alpha value is -3.07. The molecule has 2 saturated heterocycles. The van der Waals surface area contributed by atoms with Crippen LogP contribution in [0.3, 0.4) is 0 Å². The normalized spacial score (nSPS) is 15.8. The van der Waals surface area contributed by atoms with Crippen LogP contribution in [0.2, 0.25) is 0 Å². The van der Waals surface area contributed by atoms with Gasteiger partial charge in [-0.25, -0.2) is 9.97 Å². The van der Waals surface area contributed by atoms with Gasteiger partial charge in [0.1, 0.15) is 11.6 Å². The summed E-state index contributed by atoms with van der Waals surface area (Å²) in [5, 5.41) is 11.1. The van der Waals surface area contributed by atoms with E-state index in [1.165, 1.54) is 18.2 Å². The van der Waals surface area contributed by atoms with Gasteiger partial charge in [0.25, 0.3) is 5.91 Å². The Bertz CT molecular complexity index is 1070. The minimum absolute atomic E-state index is 0.117. The predicted octanol–water partition coefficient (Wildman–Crippen LogP) is 3.85. The lowest BCUT2D eigenvalue weighted by atomic mass is 10.2. The van der Waals surface area contributed by atoms with E-state index in [-0.39, 0.29) is 5.91 Å². The van der Waals surface area contributed by atoms with Crippen LogP contribution in [-0.2, 0) is 0 Å². The standard InChI is InChI=1S/C22H25N7OS/c1-15-13-19(27-26-15)23-18-14-20(28-11-4-12-28)25-22(24-18)31-17-7-5-16(6-8-17)21(30)29-9-2-3-10-29/h5-8,13-14H,2-4,9-12H2,1H3,(H2,23,24,25,26,27). The molecule has 0 spiro atoms. The fourth-order valence-corrected chi connectivity index (χ4v) is 4.48. The highest BCUT2D eigenvalue weighted by atomic mass is 32.2. The summed E-state index contributed by atoms with van der Waals surface area (Å²) in [6.45, 7) is 5.70. The minimum atomic E-state index is 0.117. The van der Waals surface area contributed by atoms with E-state index < -0.39 is 0 Å². The maximum atomic E-state index is 12.6. The van der Waals surface area contributed by atoms with E-state index in [4.69, 9.17) is 4.98 Å². The number of anilines is 3. The zero-order valence-electron chi connectivity index (χ0n) is 17.5. The van der Waals surface area contributed by atoms with Gasteiger partial charge in [-0.1, -0.05) is 0 Å². The Morgan fingerprint density at radius 1 is 1.00 bits per heavy atom. The number of hydrogen-bond donors (Lipinski definition) is 2. The van der Waals surface area contributed by atoms with Crippen molar-refractivity contribution in [3.63, 3.8) is 0 Å². The summed E-state index contributed by atoms with van der Waals surface area (Å²) in [6.07, 6.45) is 3.37. The molecule has 0 unspecified atom stereocenters. The van der Waals surface area contributed by atoms with E-state index in [0.29, 0.717) is 11.0 Å². The Balaban J connectivity index is 1.35. The van der Waals surface area contributed by atoms with Crippen molar-refractivity contribution in [2.45, 2.75) is 36.2 Å².